The minimum absolute atomic E-state index is 0.282. The first-order valence-electron chi connectivity index (χ1n) is 5.77. The fourth-order valence-corrected chi connectivity index (χ4v) is 2.55. The Bertz CT molecular complexity index is 354. The molecule has 3 N–H and O–H groups in total. The van der Waals surface area contributed by atoms with Crippen LogP contribution >= 0.6 is 0 Å². The molecule has 1 aromatic rings. The molecule has 0 aromatic heterocycles. The molecule has 0 unspecified atom stereocenters. The molecule has 0 spiro atoms. The van der Waals surface area contributed by atoms with Gasteiger partial charge in [-0.3, -0.25) is 0 Å². The van der Waals surface area contributed by atoms with Crippen LogP contribution in [0.2, 0.25) is 0 Å². The molecule has 1 aliphatic carbocycles. The fraction of sp³-hybridized carbons (Fsp3) is 0.538. The summed E-state index contributed by atoms with van der Waals surface area (Å²) in [5.74, 6) is 0.421. The quantitative estimate of drug-likeness (QED) is 0.779. The number of hydrogen-bond donors (Lipinski definition) is 2. The average molecular weight is 205 g/mol. The van der Waals surface area contributed by atoms with Crippen LogP contribution in [0.3, 0.4) is 0 Å². The van der Waals surface area contributed by atoms with Gasteiger partial charge in [-0.2, -0.15) is 0 Å². The standard InChI is InChI=1S/C13H19NO/c1-2-10-6-5-7-11(12(10)15)13(14)8-3-4-9-13/h5-7,15H,2-4,8-9,14H2,1H3. The Hall–Kier alpha value is -1.02. The van der Waals surface area contributed by atoms with Crippen molar-refractivity contribution in [3.05, 3.63) is 29.3 Å². The van der Waals surface area contributed by atoms with Crippen molar-refractivity contribution >= 4 is 0 Å². The molecule has 0 bridgehead atoms. The lowest BCUT2D eigenvalue weighted by Gasteiger charge is -2.26. The van der Waals surface area contributed by atoms with Crippen molar-refractivity contribution in [1.29, 1.82) is 0 Å². The largest absolute Gasteiger partial charge is 0.507 e. The highest BCUT2D eigenvalue weighted by Crippen LogP contribution is 2.41. The van der Waals surface area contributed by atoms with Crippen LogP contribution in [0.4, 0.5) is 0 Å². The minimum atomic E-state index is -0.282. The van der Waals surface area contributed by atoms with Crippen LogP contribution in [0, 0.1) is 0 Å². The van der Waals surface area contributed by atoms with Crippen LogP contribution < -0.4 is 5.73 Å². The molecule has 82 valence electrons. The Labute approximate surface area is 91.1 Å². The van der Waals surface area contributed by atoms with Crippen LogP contribution in [0.15, 0.2) is 18.2 Å². The summed E-state index contributed by atoms with van der Waals surface area (Å²) in [4.78, 5) is 0. The van der Waals surface area contributed by atoms with E-state index in [-0.39, 0.29) is 5.54 Å². The Kier molecular flexibility index (Phi) is 2.70. The van der Waals surface area contributed by atoms with E-state index in [1.165, 1.54) is 12.8 Å². The van der Waals surface area contributed by atoms with Crippen LogP contribution in [0.25, 0.3) is 0 Å². The molecular formula is C13H19NO. The minimum Gasteiger partial charge on any atom is -0.507 e. The van der Waals surface area contributed by atoms with Gasteiger partial charge in [0.15, 0.2) is 0 Å². The highest BCUT2D eigenvalue weighted by atomic mass is 16.3. The zero-order chi connectivity index (χ0) is 10.9. The molecule has 15 heavy (non-hydrogen) atoms. The second-order valence-corrected chi connectivity index (χ2v) is 4.53. The molecule has 2 rings (SSSR count). The summed E-state index contributed by atoms with van der Waals surface area (Å²) in [5, 5.41) is 10.1. The molecule has 1 aliphatic rings. The maximum Gasteiger partial charge on any atom is 0.123 e. The van der Waals surface area contributed by atoms with E-state index in [0.717, 1.165) is 30.4 Å². The van der Waals surface area contributed by atoms with Crippen LogP contribution in [0.5, 0.6) is 5.75 Å². The molecule has 0 radical (unpaired) electrons. The van der Waals surface area contributed by atoms with Gasteiger partial charge >= 0.3 is 0 Å². The van der Waals surface area contributed by atoms with Gasteiger partial charge in [-0.25, -0.2) is 0 Å². The molecule has 0 heterocycles. The summed E-state index contributed by atoms with van der Waals surface area (Å²) in [6.45, 7) is 2.05. The molecule has 0 aliphatic heterocycles. The van der Waals surface area contributed by atoms with Gasteiger partial charge in [-0.1, -0.05) is 38.0 Å². The second-order valence-electron chi connectivity index (χ2n) is 4.53. The summed E-state index contributed by atoms with van der Waals surface area (Å²) in [5.41, 5.74) is 8.01. The predicted molar refractivity (Wildman–Crippen MR) is 61.8 cm³/mol. The smallest absolute Gasteiger partial charge is 0.123 e. The van der Waals surface area contributed by atoms with Crippen LogP contribution in [-0.4, -0.2) is 5.11 Å². The van der Waals surface area contributed by atoms with Gasteiger partial charge in [0.05, 0.1) is 0 Å². The van der Waals surface area contributed by atoms with Crippen molar-refractivity contribution in [3.63, 3.8) is 0 Å². The first kappa shape index (κ1) is 10.5. The van der Waals surface area contributed by atoms with E-state index < -0.39 is 0 Å². The first-order valence-corrected chi connectivity index (χ1v) is 5.77. The zero-order valence-corrected chi connectivity index (χ0v) is 9.29. The van der Waals surface area contributed by atoms with Crippen molar-refractivity contribution in [3.8, 4) is 5.75 Å². The first-order chi connectivity index (χ1) is 7.17. The molecule has 2 heteroatoms. The van der Waals surface area contributed by atoms with Gasteiger partial charge in [0.2, 0.25) is 0 Å². The predicted octanol–water partition coefficient (Wildman–Crippen LogP) is 2.68. The van der Waals surface area contributed by atoms with Crippen molar-refractivity contribution in [2.45, 2.75) is 44.6 Å². The topological polar surface area (TPSA) is 46.2 Å². The second kappa shape index (κ2) is 3.86. The van der Waals surface area contributed by atoms with Crippen molar-refractivity contribution in [1.82, 2.24) is 0 Å². The maximum absolute atomic E-state index is 10.1. The Balaban J connectivity index is 2.43. The molecule has 0 atom stereocenters. The highest BCUT2D eigenvalue weighted by molar-refractivity contribution is 5.44. The number of phenolic OH excluding ortho intramolecular Hbond substituents is 1. The zero-order valence-electron chi connectivity index (χ0n) is 9.29. The van der Waals surface area contributed by atoms with E-state index in [1.807, 2.05) is 18.2 Å². The lowest BCUT2D eigenvalue weighted by molar-refractivity contribution is 0.406. The number of benzene rings is 1. The Morgan fingerprint density at radius 3 is 2.60 bits per heavy atom. The number of nitrogens with two attached hydrogens (primary N) is 1. The van der Waals surface area contributed by atoms with Crippen molar-refractivity contribution in [2.24, 2.45) is 5.73 Å². The van der Waals surface area contributed by atoms with E-state index in [9.17, 15) is 5.11 Å². The maximum atomic E-state index is 10.1. The SMILES string of the molecule is CCc1cccc(C2(N)CCCC2)c1O. The molecular weight excluding hydrogens is 186 g/mol. The van der Waals surface area contributed by atoms with Crippen LogP contribution in [0.1, 0.15) is 43.7 Å². The third kappa shape index (κ3) is 1.74. The Morgan fingerprint density at radius 2 is 2.00 bits per heavy atom. The molecule has 0 saturated heterocycles. The lowest BCUT2D eigenvalue weighted by atomic mass is 9.87. The van der Waals surface area contributed by atoms with Gasteiger partial charge in [-0.15, -0.1) is 0 Å². The Morgan fingerprint density at radius 1 is 1.33 bits per heavy atom. The monoisotopic (exact) mass is 205 g/mol. The van der Waals surface area contributed by atoms with E-state index in [2.05, 4.69) is 6.92 Å². The van der Waals surface area contributed by atoms with Gasteiger partial charge in [0, 0.05) is 11.1 Å². The van der Waals surface area contributed by atoms with Gasteiger partial charge in [0.25, 0.3) is 0 Å². The molecule has 0 amide bonds. The summed E-state index contributed by atoms with van der Waals surface area (Å²) >= 11 is 0. The van der Waals surface area contributed by atoms with E-state index in [0.29, 0.717) is 5.75 Å². The number of aryl methyl sites for hydroxylation is 1. The van der Waals surface area contributed by atoms with E-state index in [1.54, 1.807) is 0 Å². The summed E-state index contributed by atoms with van der Waals surface area (Å²) in [6, 6.07) is 5.94. The molecule has 1 fully saturated rings. The summed E-state index contributed by atoms with van der Waals surface area (Å²) in [6.07, 6.45) is 5.19. The summed E-state index contributed by atoms with van der Waals surface area (Å²) in [7, 11) is 0. The molecule has 1 saturated carbocycles. The highest BCUT2D eigenvalue weighted by Gasteiger charge is 2.33. The van der Waals surface area contributed by atoms with E-state index in [4.69, 9.17) is 5.73 Å². The van der Waals surface area contributed by atoms with Gasteiger partial charge in [0.1, 0.15) is 5.75 Å². The van der Waals surface area contributed by atoms with Gasteiger partial charge < -0.3 is 10.8 Å². The lowest BCUT2D eigenvalue weighted by Crippen LogP contribution is -2.33. The average Bonchev–Trinajstić information content (AvgIpc) is 2.66. The van der Waals surface area contributed by atoms with E-state index >= 15 is 0 Å². The van der Waals surface area contributed by atoms with Crippen molar-refractivity contribution in [2.75, 3.05) is 0 Å². The number of phenols is 1. The number of hydrogen-bond acceptors (Lipinski definition) is 2. The molecule has 2 nitrogen and oxygen atoms in total. The third-order valence-corrected chi connectivity index (χ3v) is 3.53. The third-order valence-electron chi connectivity index (χ3n) is 3.53. The van der Waals surface area contributed by atoms with Crippen molar-refractivity contribution < 1.29 is 5.11 Å². The summed E-state index contributed by atoms with van der Waals surface area (Å²) < 4.78 is 0. The molecule has 1 aromatic carbocycles. The fourth-order valence-electron chi connectivity index (χ4n) is 2.55. The van der Waals surface area contributed by atoms with Crippen LogP contribution in [-0.2, 0) is 12.0 Å². The number of aromatic hydroxyl groups is 1. The number of para-hydroxylation sites is 1. The normalized spacial score (nSPS) is 19.3. The number of rotatable bonds is 2. The van der Waals surface area contributed by atoms with Gasteiger partial charge in [-0.05, 0) is 24.8 Å².